The minimum atomic E-state index is -3.08. The smallest absolute Gasteiger partial charge is 0.171 e. The first kappa shape index (κ1) is 27.1. The molecule has 0 N–H and O–H groups in total. The summed E-state index contributed by atoms with van der Waals surface area (Å²) in [5.41, 5.74) is 5.29. The topological polar surface area (TPSA) is 34.9 Å². The van der Waals surface area contributed by atoms with Gasteiger partial charge in [-0.15, -0.1) is 11.3 Å². The van der Waals surface area contributed by atoms with Gasteiger partial charge in [0.25, 0.3) is 0 Å². The van der Waals surface area contributed by atoms with Gasteiger partial charge >= 0.3 is 0 Å². The van der Waals surface area contributed by atoms with Crippen molar-refractivity contribution in [3.8, 4) is 16.9 Å². The van der Waals surface area contributed by atoms with E-state index < -0.39 is 7.14 Å². The second kappa shape index (κ2) is 10.7. The van der Waals surface area contributed by atoms with Gasteiger partial charge in [0, 0.05) is 48.7 Å². The summed E-state index contributed by atoms with van der Waals surface area (Å²) in [6, 6.07) is 55.7. The van der Waals surface area contributed by atoms with Crippen LogP contribution < -0.4 is 15.9 Å². The molecule has 0 aliphatic carbocycles. The van der Waals surface area contributed by atoms with E-state index in [1.54, 1.807) is 11.3 Å². The monoisotopic (exact) mass is 626 g/mol. The molecule has 5 heteroatoms. The third-order valence-electron chi connectivity index (χ3n) is 8.89. The van der Waals surface area contributed by atoms with Crippen LogP contribution in [0.25, 0.3) is 59.1 Å². The lowest BCUT2D eigenvalue weighted by Gasteiger charge is -2.20. The van der Waals surface area contributed by atoms with Gasteiger partial charge in [0.2, 0.25) is 0 Å². The Balaban J connectivity index is 1.31. The molecule has 46 heavy (non-hydrogen) atoms. The van der Waals surface area contributed by atoms with Crippen LogP contribution in [-0.4, -0.2) is 9.55 Å². The molecule has 0 saturated heterocycles. The lowest BCUT2D eigenvalue weighted by Crippen LogP contribution is -2.24. The van der Waals surface area contributed by atoms with E-state index in [2.05, 4.69) is 102 Å². The van der Waals surface area contributed by atoms with Gasteiger partial charge in [0.1, 0.15) is 4.83 Å². The molecule has 0 atom stereocenters. The fourth-order valence-corrected chi connectivity index (χ4v) is 10.8. The van der Waals surface area contributed by atoms with Gasteiger partial charge in [0.15, 0.2) is 7.14 Å². The fourth-order valence-electron chi connectivity index (χ4n) is 6.78. The SMILES string of the molecule is O=P(c1ccccc1)(c1ccccc1)c1ccc(-n2c3ccccc3c3c4c(sc32)c(-c2ccccc2)nc2ccccc24)cc1. The number of nitrogens with zero attached hydrogens (tertiary/aromatic N) is 2. The van der Waals surface area contributed by atoms with Crippen LogP contribution in [0.15, 0.2) is 164 Å². The van der Waals surface area contributed by atoms with E-state index in [4.69, 9.17) is 4.98 Å². The molecule has 0 radical (unpaired) electrons. The largest absolute Gasteiger partial charge is 0.309 e. The average molecular weight is 627 g/mol. The van der Waals surface area contributed by atoms with Crippen molar-refractivity contribution in [3.63, 3.8) is 0 Å². The molecule has 0 unspecified atom stereocenters. The Bertz CT molecular complexity index is 2550. The normalized spacial score (nSPS) is 12.0. The summed E-state index contributed by atoms with van der Waals surface area (Å²) in [7, 11) is -3.08. The fraction of sp³-hybridized carbons (Fsp3) is 0. The zero-order chi connectivity index (χ0) is 30.7. The molecular weight excluding hydrogens is 600 g/mol. The highest BCUT2D eigenvalue weighted by Gasteiger charge is 2.30. The molecule has 3 aromatic heterocycles. The molecule has 0 bridgehead atoms. The van der Waals surface area contributed by atoms with Gasteiger partial charge in [-0.3, -0.25) is 0 Å². The van der Waals surface area contributed by atoms with Crippen LogP contribution in [0.4, 0.5) is 0 Å². The lowest BCUT2D eigenvalue weighted by atomic mass is 10.0. The van der Waals surface area contributed by atoms with Crippen molar-refractivity contribution in [2.75, 3.05) is 0 Å². The molecule has 3 nitrogen and oxygen atoms in total. The molecule has 9 aromatic rings. The van der Waals surface area contributed by atoms with Crippen LogP contribution in [0.3, 0.4) is 0 Å². The maximum absolute atomic E-state index is 15.0. The van der Waals surface area contributed by atoms with Crippen molar-refractivity contribution >= 4 is 76.5 Å². The molecule has 218 valence electrons. The number of benzene rings is 6. The van der Waals surface area contributed by atoms with Crippen molar-refractivity contribution in [1.82, 2.24) is 9.55 Å². The molecule has 9 rings (SSSR count). The van der Waals surface area contributed by atoms with Crippen LogP contribution in [0.1, 0.15) is 0 Å². The summed E-state index contributed by atoms with van der Waals surface area (Å²) in [5, 5.41) is 7.35. The molecule has 6 aromatic carbocycles. The predicted octanol–water partition coefficient (Wildman–Crippen LogP) is 9.85. The van der Waals surface area contributed by atoms with Gasteiger partial charge in [0.05, 0.1) is 21.4 Å². The van der Waals surface area contributed by atoms with E-state index in [0.29, 0.717) is 0 Å². The first-order chi connectivity index (χ1) is 22.7. The van der Waals surface area contributed by atoms with E-state index in [9.17, 15) is 0 Å². The first-order valence-corrected chi connectivity index (χ1v) is 17.9. The minimum absolute atomic E-state index is 0.819. The Morgan fingerprint density at radius 3 is 1.74 bits per heavy atom. The third-order valence-corrected chi connectivity index (χ3v) is 13.1. The number of aromatic nitrogens is 2. The maximum Gasteiger partial charge on any atom is 0.171 e. The molecule has 0 spiro atoms. The van der Waals surface area contributed by atoms with Crippen molar-refractivity contribution in [1.29, 1.82) is 0 Å². The zero-order valence-corrected chi connectivity index (χ0v) is 26.5. The predicted molar refractivity (Wildman–Crippen MR) is 196 cm³/mol. The summed E-state index contributed by atoms with van der Waals surface area (Å²) < 4.78 is 18.6. The van der Waals surface area contributed by atoms with Gasteiger partial charge in [-0.2, -0.15) is 0 Å². The van der Waals surface area contributed by atoms with Crippen LogP contribution in [-0.2, 0) is 4.57 Å². The second-order valence-corrected chi connectivity index (χ2v) is 15.2. The third kappa shape index (κ3) is 4.04. The number of pyridine rings is 1. The minimum Gasteiger partial charge on any atom is -0.309 e. The molecular formula is C41H27N2OPS. The molecule has 0 aliphatic heterocycles. The van der Waals surface area contributed by atoms with Crippen LogP contribution in [0, 0.1) is 0 Å². The number of fused-ring (bicyclic) bond motifs is 7. The van der Waals surface area contributed by atoms with Crippen molar-refractivity contribution in [2.24, 2.45) is 0 Å². The highest BCUT2D eigenvalue weighted by atomic mass is 32.1. The number of hydrogen-bond acceptors (Lipinski definition) is 3. The van der Waals surface area contributed by atoms with Crippen LogP contribution in [0.2, 0.25) is 0 Å². The van der Waals surface area contributed by atoms with Gasteiger partial charge in [-0.25, -0.2) is 4.98 Å². The Kier molecular flexibility index (Phi) is 6.28. The molecule has 0 fully saturated rings. The van der Waals surface area contributed by atoms with Crippen LogP contribution >= 0.6 is 18.5 Å². The van der Waals surface area contributed by atoms with E-state index in [1.165, 1.54) is 25.7 Å². The van der Waals surface area contributed by atoms with Crippen molar-refractivity contribution < 1.29 is 4.57 Å². The lowest BCUT2D eigenvalue weighted by molar-refractivity contribution is 0.592. The highest BCUT2D eigenvalue weighted by molar-refractivity contribution is 7.85. The number of para-hydroxylation sites is 2. The summed E-state index contributed by atoms with van der Waals surface area (Å²) >= 11 is 1.79. The summed E-state index contributed by atoms with van der Waals surface area (Å²) in [6.07, 6.45) is 0. The zero-order valence-electron chi connectivity index (χ0n) is 24.7. The Morgan fingerprint density at radius 1 is 0.522 bits per heavy atom. The van der Waals surface area contributed by atoms with E-state index in [-0.39, 0.29) is 0 Å². The quantitative estimate of drug-likeness (QED) is 0.178. The van der Waals surface area contributed by atoms with Gasteiger partial charge in [-0.05, 0) is 36.4 Å². The summed E-state index contributed by atoms with van der Waals surface area (Å²) in [6.45, 7) is 0. The standard InChI is InChI=1S/C41H27N2OPS/c44-45(30-16-6-2-7-17-30,31-18-8-3-9-19-31)32-26-24-29(25-27-32)43-36-23-13-11-21-34(36)38-37-33-20-10-12-22-35(33)42-39(40(37)46-41(38)43)28-14-4-1-5-15-28/h1-27H. The van der Waals surface area contributed by atoms with Gasteiger partial charge in [-0.1, -0.05) is 127 Å². The average Bonchev–Trinajstić information content (AvgIpc) is 3.67. The first-order valence-electron chi connectivity index (χ1n) is 15.3. The maximum atomic E-state index is 15.0. The summed E-state index contributed by atoms with van der Waals surface area (Å²) in [4.78, 5) is 6.37. The molecule has 0 aliphatic rings. The van der Waals surface area contributed by atoms with Gasteiger partial charge < -0.3 is 9.13 Å². The van der Waals surface area contributed by atoms with E-state index in [0.717, 1.165) is 49.3 Å². The van der Waals surface area contributed by atoms with E-state index in [1.807, 2.05) is 66.7 Å². The summed E-state index contributed by atoms with van der Waals surface area (Å²) in [5.74, 6) is 0. The van der Waals surface area contributed by atoms with E-state index >= 15 is 4.57 Å². The number of thiophene rings is 1. The second-order valence-electron chi connectivity index (χ2n) is 11.5. The highest BCUT2D eigenvalue weighted by Crippen LogP contribution is 2.48. The number of hydrogen-bond donors (Lipinski definition) is 0. The Hall–Kier alpha value is -5.28. The number of rotatable bonds is 5. The molecule has 0 saturated carbocycles. The molecule has 0 amide bonds. The van der Waals surface area contributed by atoms with Crippen LogP contribution in [0.5, 0.6) is 0 Å². The molecule has 3 heterocycles. The Labute approximate surface area is 270 Å². The Morgan fingerprint density at radius 2 is 1.07 bits per heavy atom. The van der Waals surface area contributed by atoms with Crippen molar-refractivity contribution in [2.45, 2.75) is 0 Å². The van der Waals surface area contributed by atoms with Crippen molar-refractivity contribution in [3.05, 3.63) is 164 Å².